The number of rotatable bonds is 14. The fourth-order valence-corrected chi connectivity index (χ4v) is 6.55. The number of ketones is 1. The van der Waals surface area contributed by atoms with Crippen LogP contribution in [-0.2, 0) is 9.53 Å². The summed E-state index contributed by atoms with van der Waals surface area (Å²) in [5, 5.41) is 24.0. The number of aromatic nitrogens is 3. The Morgan fingerprint density at radius 3 is 2.43 bits per heavy atom. The maximum Gasteiger partial charge on any atom is 0.295 e. The van der Waals surface area contributed by atoms with E-state index in [0.29, 0.717) is 71.9 Å². The van der Waals surface area contributed by atoms with E-state index in [1.165, 1.54) is 28.6 Å². The minimum absolute atomic E-state index is 0.0915. The van der Waals surface area contributed by atoms with Gasteiger partial charge < -0.3 is 29.8 Å². The van der Waals surface area contributed by atoms with Crippen LogP contribution in [0.1, 0.15) is 101 Å². The summed E-state index contributed by atoms with van der Waals surface area (Å²) < 4.78 is 12.6. The third-order valence-corrected chi connectivity index (χ3v) is 9.92. The van der Waals surface area contributed by atoms with E-state index in [1.807, 2.05) is 71.9 Å². The maximum absolute atomic E-state index is 14.0. The maximum atomic E-state index is 14.0. The zero-order valence-electron chi connectivity index (χ0n) is 31.7. The van der Waals surface area contributed by atoms with E-state index in [-0.39, 0.29) is 30.0 Å². The minimum Gasteiger partial charge on any atom is -0.485 e. The fraction of sp³-hybridized carbons (Fsp3) is 0.450. The number of nitriles is 1. The number of nitrogens with one attached hydrogen (secondary N) is 2. The van der Waals surface area contributed by atoms with Gasteiger partial charge in [0, 0.05) is 37.6 Å². The summed E-state index contributed by atoms with van der Waals surface area (Å²) in [6.45, 7) is 14.9. The lowest BCUT2D eigenvalue weighted by molar-refractivity contribution is -0.126. The molecule has 3 aromatic heterocycles. The summed E-state index contributed by atoms with van der Waals surface area (Å²) in [5.41, 5.74) is 2.51. The van der Waals surface area contributed by atoms with E-state index in [9.17, 15) is 19.6 Å². The van der Waals surface area contributed by atoms with Gasteiger partial charge in [-0.2, -0.15) is 5.26 Å². The van der Waals surface area contributed by atoms with E-state index in [1.54, 1.807) is 5.38 Å². The van der Waals surface area contributed by atoms with E-state index < -0.39 is 23.2 Å². The van der Waals surface area contributed by atoms with E-state index in [4.69, 9.17) is 14.6 Å². The van der Waals surface area contributed by atoms with Gasteiger partial charge in [-0.25, -0.2) is 9.97 Å². The predicted octanol–water partition coefficient (Wildman–Crippen LogP) is 6.97. The highest BCUT2D eigenvalue weighted by Gasteiger charge is 2.32. The summed E-state index contributed by atoms with van der Waals surface area (Å²) in [6.07, 6.45) is 5.37. The smallest absolute Gasteiger partial charge is 0.295 e. The van der Waals surface area contributed by atoms with Crippen LogP contribution in [0, 0.1) is 11.3 Å². The number of carbonyl (C=O) groups excluding carboxylic acids is 3. The highest BCUT2D eigenvalue weighted by Crippen LogP contribution is 2.38. The third kappa shape index (κ3) is 9.95. The molecule has 1 saturated heterocycles. The average molecular weight is 743 g/mol. The van der Waals surface area contributed by atoms with Gasteiger partial charge in [-0.15, -0.1) is 11.3 Å². The Bertz CT molecular complexity index is 1960. The molecule has 2 amide bonds. The van der Waals surface area contributed by atoms with Crippen molar-refractivity contribution >= 4 is 45.4 Å². The second-order valence-corrected chi connectivity index (χ2v) is 14.5. The van der Waals surface area contributed by atoms with Crippen molar-refractivity contribution in [2.24, 2.45) is 0 Å². The van der Waals surface area contributed by atoms with Crippen LogP contribution in [0.2, 0.25) is 0 Å². The standard InChI is InChI=1S/C38H44N6O6S.C2H6/c1-6-37(2,3)49-19-14-38(4,5)50-29-22-42-32(35-43-28(23-51-35)34(47)40-15-18-45)31-30(29)27(21-41-31)33(46)36(48)44-16-12-25(13-17-44)26(20-39)24-10-8-7-9-11-24;1-2/h7-11,21-23,41,45H,6,12-19H2,1-5H3,(H,40,47);1-2H3. The highest BCUT2D eigenvalue weighted by molar-refractivity contribution is 7.13. The van der Waals surface area contributed by atoms with Crippen molar-refractivity contribution in [2.45, 2.75) is 85.4 Å². The number of aliphatic hydroxyl groups is 1. The Hall–Kier alpha value is -4.90. The number of pyridine rings is 1. The van der Waals surface area contributed by atoms with Crippen molar-refractivity contribution in [3.05, 3.63) is 70.5 Å². The Kier molecular flexibility index (Phi) is 14.1. The zero-order chi connectivity index (χ0) is 38.8. The number of carbonyl (C=O) groups is 3. The second-order valence-electron chi connectivity index (χ2n) is 13.6. The molecule has 0 bridgehead atoms. The van der Waals surface area contributed by atoms with E-state index in [0.717, 1.165) is 17.6 Å². The molecular weight excluding hydrogens is 693 g/mol. The zero-order valence-corrected chi connectivity index (χ0v) is 32.5. The van der Waals surface area contributed by atoms with Crippen LogP contribution >= 0.6 is 11.3 Å². The summed E-state index contributed by atoms with van der Waals surface area (Å²) in [7, 11) is 0. The number of likely N-dealkylation sites (tertiary alicyclic amines) is 1. The van der Waals surface area contributed by atoms with Crippen molar-refractivity contribution in [3.8, 4) is 22.5 Å². The van der Waals surface area contributed by atoms with E-state index in [2.05, 4.69) is 33.3 Å². The summed E-state index contributed by atoms with van der Waals surface area (Å²) in [4.78, 5) is 54.1. The predicted molar refractivity (Wildman–Crippen MR) is 207 cm³/mol. The monoisotopic (exact) mass is 742 g/mol. The van der Waals surface area contributed by atoms with Crippen molar-refractivity contribution in [3.63, 3.8) is 0 Å². The van der Waals surface area contributed by atoms with Gasteiger partial charge in [0.05, 0.1) is 53.1 Å². The number of hydrogen-bond donors (Lipinski definition) is 3. The molecule has 1 aromatic carbocycles. The summed E-state index contributed by atoms with van der Waals surface area (Å²) in [6, 6.07) is 11.8. The molecule has 53 heavy (non-hydrogen) atoms. The molecule has 0 radical (unpaired) electrons. The van der Waals surface area contributed by atoms with Gasteiger partial charge in [0.2, 0.25) is 0 Å². The normalized spacial score (nSPS) is 13.2. The Labute approximate surface area is 315 Å². The van der Waals surface area contributed by atoms with Crippen LogP contribution in [0.3, 0.4) is 0 Å². The molecular formula is C40H50N6O6S. The molecule has 5 rings (SSSR count). The quantitative estimate of drug-likeness (QED) is 0.0701. The number of allylic oxidation sites excluding steroid dienone is 1. The molecule has 1 fully saturated rings. The number of thiazole rings is 1. The van der Waals surface area contributed by atoms with Gasteiger partial charge in [0.15, 0.2) is 0 Å². The topological polar surface area (TPSA) is 171 Å². The first-order valence-electron chi connectivity index (χ1n) is 18.1. The number of hydrogen-bond acceptors (Lipinski definition) is 10. The molecule has 3 N–H and O–H groups in total. The first kappa shape index (κ1) is 40.9. The van der Waals surface area contributed by atoms with Crippen molar-refractivity contribution < 1.29 is 29.0 Å². The molecule has 4 aromatic rings. The number of fused-ring (bicyclic) bond motifs is 1. The van der Waals surface area contributed by atoms with Crippen LogP contribution in [0.4, 0.5) is 0 Å². The fourth-order valence-electron chi connectivity index (χ4n) is 5.75. The Balaban J connectivity index is 0.00000308. The largest absolute Gasteiger partial charge is 0.485 e. The van der Waals surface area contributed by atoms with Crippen LogP contribution in [-0.4, -0.2) is 86.6 Å². The molecule has 4 heterocycles. The molecule has 13 heteroatoms. The lowest BCUT2D eigenvalue weighted by Crippen LogP contribution is -2.40. The molecule has 1 aliphatic heterocycles. The summed E-state index contributed by atoms with van der Waals surface area (Å²) in [5.74, 6) is -1.47. The molecule has 0 spiro atoms. The number of aliphatic hydroxyl groups excluding tert-OH is 1. The van der Waals surface area contributed by atoms with Crippen LogP contribution in [0.25, 0.3) is 27.2 Å². The second kappa shape index (κ2) is 18.2. The number of ether oxygens (including phenoxy) is 2. The SMILES string of the molecule is CC.CCC(C)(C)OCCC(C)(C)Oc1cnc(-c2nc(C(=O)NCCO)cs2)c2[nH]cc(C(=O)C(=O)N3CCC(=C(C#N)c4ccccc4)CC3)c12. The Morgan fingerprint density at radius 1 is 1.09 bits per heavy atom. The number of nitrogens with zero attached hydrogens (tertiary/aromatic N) is 4. The van der Waals surface area contributed by atoms with Gasteiger partial charge in [0.25, 0.3) is 17.6 Å². The van der Waals surface area contributed by atoms with Gasteiger partial charge >= 0.3 is 0 Å². The molecule has 282 valence electrons. The molecule has 12 nitrogen and oxygen atoms in total. The van der Waals surface area contributed by atoms with Crippen LogP contribution < -0.4 is 10.1 Å². The highest BCUT2D eigenvalue weighted by atomic mass is 32.1. The van der Waals surface area contributed by atoms with Crippen molar-refractivity contribution in [2.75, 3.05) is 32.8 Å². The van der Waals surface area contributed by atoms with Gasteiger partial charge in [0.1, 0.15) is 27.7 Å². The lowest BCUT2D eigenvalue weighted by atomic mass is 9.93. The molecule has 0 saturated carbocycles. The molecule has 0 atom stereocenters. The van der Waals surface area contributed by atoms with E-state index >= 15 is 0 Å². The number of aromatic amines is 1. The third-order valence-electron chi connectivity index (χ3n) is 9.07. The number of Topliss-reactive ketones (excluding diaryl/α,β-unsaturated/α-hetero) is 1. The number of piperidine rings is 1. The lowest BCUT2D eigenvalue weighted by Gasteiger charge is -2.30. The first-order valence-corrected chi connectivity index (χ1v) is 18.9. The molecule has 0 unspecified atom stereocenters. The number of H-pyrrole nitrogens is 1. The summed E-state index contributed by atoms with van der Waals surface area (Å²) >= 11 is 1.20. The Morgan fingerprint density at radius 2 is 1.79 bits per heavy atom. The van der Waals surface area contributed by atoms with Crippen molar-refractivity contribution in [1.82, 2.24) is 25.2 Å². The number of benzene rings is 1. The van der Waals surface area contributed by atoms with Gasteiger partial charge in [-0.05, 0) is 58.1 Å². The first-order chi connectivity index (χ1) is 25.4. The molecule has 1 aliphatic rings. The number of amides is 2. The van der Waals surface area contributed by atoms with Crippen molar-refractivity contribution in [1.29, 1.82) is 5.26 Å². The van der Waals surface area contributed by atoms with Gasteiger partial charge in [-0.1, -0.05) is 51.1 Å². The minimum atomic E-state index is -0.729. The molecule has 0 aliphatic carbocycles. The van der Waals surface area contributed by atoms with Gasteiger partial charge in [-0.3, -0.25) is 14.4 Å². The van der Waals surface area contributed by atoms with Crippen LogP contribution in [0.15, 0.2) is 53.7 Å². The average Bonchev–Trinajstić information content (AvgIpc) is 3.84. The van der Waals surface area contributed by atoms with Crippen LogP contribution in [0.5, 0.6) is 5.75 Å².